The molecule has 38 heavy (non-hydrogen) atoms. The first kappa shape index (κ1) is 28.2. The zero-order valence-corrected chi connectivity index (χ0v) is 25.0. The summed E-state index contributed by atoms with van der Waals surface area (Å²) in [6.45, 7) is 14.9. The van der Waals surface area contributed by atoms with E-state index in [9.17, 15) is 13.0 Å². The maximum absolute atomic E-state index is 12.8. The van der Waals surface area contributed by atoms with Gasteiger partial charge in [-0.1, -0.05) is 90.1 Å². The van der Waals surface area contributed by atoms with E-state index < -0.39 is 17.4 Å². The van der Waals surface area contributed by atoms with Gasteiger partial charge in [-0.05, 0) is 83.0 Å². The molecule has 5 heteroatoms. The Morgan fingerprint density at radius 1 is 0.605 bits per heavy atom. The SMILES string of the molecule is Cc1ccc([P+](c2ccccc2)(c2ccc(C(C)(C)C)cc2)c2ccc(C(C)(C)C)cc2)c(S(=O)(=O)[O-])c1. The highest BCUT2D eigenvalue weighted by atomic mass is 32.2. The average Bonchev–Trinajstić information content (AvgIpc) is 2.85. The first-order valence-corrected chi connectivity index (χ1v) is 16.1. The molecule has 0 unspecified atom stereocenters. The van der Waals surface area contributed by atoms with Crippen molar-refractivity contribution in [1.29, 1.82) is 0 Å². The molecule has 0 aromatic heterocycles. The van der Waals surface area contributed by atoms with Gasteiger partial charge in [-0.15, -0.1) is 0 Å². The molecule has 0 atom stereocenters. The van der Waals surface area contributed by atoms with Crippen molar-refractivity contribution in [3.63, 3.8) is 0 Å². The Labute approximate surface area is 229 Å². The van der Waals surface area contributed by atoms with Gasteiger partial charge >= 0.3 is 0 Å². The maximum Gasteiger partial charge on any atom is 0.145 e. The zero-order valence-electron chi connectivity index (χ0n) is 23.3. The van der Waals surface area contributed by atoms with Crippen molar-refractivity contribution in [1.82, 2.24) is 0 Å². The summed E-state index contributed by atoms with van der Waals surface area (Å²) in [5, 5.41) is 3.58. The van der Waals surface area contributed by atoms with Crippen LogP contribution in [0.25, 0.3) is 0 Å². The Bertz CT molecular complexity index is 1470. The molecule has 198 valence electrons. The molecule has 0 aliphatic heterocycles. The monoisotopic (exact) mass is 544 g/mol. The van der Waals surface area contributed by atoms with Crippen molar-refractivity contribution < 1.29 is 13.0 Å². The number of hydrogen-bond donors (Lipinski definition) is 0. The van der Waals surface area contributed by atoms with E-state index in [1.165, 1.54) is 17.2 Å². The fourth-order valence-electron chi connectivity index (χ4n) is 4.98. The highest BCUT2D eigenvalue weighted by Gasteiger charge is 2.50. The van der Waals surface area contributed by atoms with Crippen molar-refractivity contribution >= 4 is 38.6 Å². The summed E-state index contributed by atoms with van der Waals surface area (Å²) in [6.07, 6.45) is 0. The Hall–Kier alpha value is -2.78. The van der Waals surface area contributed by atoms with Crippen LogP contribution in [0.5, 0.6) is 0 Å². The lowest BCUT2D eigenvalue weighted by atomic mass is 9.87. The topological polar surface area (TPSA) is 57.2 Å². The molecule has 0 heterocycles. The second-order valence-electron chi connectivity index (χ2n) is 12.0. The van der Waals surface area contributed by atoms with Gasteiger partial charge in [0, 0.05) is 0 Å². The molecule has 0 saturated heterocycles. The first-order chi connectivity index (χ1) is 17.6. The third-order valence-corrected chi connectivity index (χ3v) is 12.5. The third kappa shape index (κ3) is 5.36. The van der Waals surface area contributed by atoms with Gasteiger partial charge in [0.2, 0.25) is 0 Å². The first-order valence-electron chi connectivity index (χ1n) is 12.9. The summed E-state index contributed by atoms with van der Waals surface area (Å²) >= 11 is 0. The normalized spacial score (nSPS) is 12.9. The zero-order chi connectivity index (χ0) is 27.9. The van der Waals surface area contributed by atoms with Gasteiger partial charge in [0.15, 0.2) is 0 Å². The van der Waals surface area contributed by atoms with Crippen molar-refractivity contribution in [3.05, 3.63) is 114 Å². The van der Waals surface area contributed by atoms with E-state index in [4.69, 9.17) is 0 Å². The predicted octanol–water partition coefficient (Wildman–Crippen LogP) is 6.11. The van der Waals surface area contributed by atoms with Crippen LogP contribution in [-0.2, 0) is 20.9 Å². The highest BCUT2D eigenvalue weighted by Crippen LogP contribution is 2.55. The van der Waals surface area contributed by atoms with E-state index in [2.05, 4.69) is 102 Å². The number of rotatable bonds is 5. The average molecular weight is 545 g/mol. The Balaban J connectivity index is 2.19. The fraction of sp³-hybridized carbons (Fsp3) is 0.273. The lowest BCUT2D eigenvalue weighted by Crippen LogP contribution is -2.40. The molecular formula is C33H37O3PS. The fourth-order valence-corrected chi connectivity index (χ4v) is 10.6. The summed E-state index contributed by atoms with van der Waals surface area (Å²) < 4.78 is 38.3. The number of benzene rings is 4. The molecule has 0 radical (unpaired) electrons. The summed E-state index contributed by atoms with van der Waals surface area (Å²) in [6, 6.07) is 32.4. The van der Waals surface area contributed by atoms with Gasteiger partial charge in [-0.25, -0.2) is 8.42 Å². The van der Waals surface area contributed by atoms with Crippen LogP contribution < -0.4 is 21.2 Å². The molecule has 4 aromatic rings. The van der Waals surface area contributed by atoms with E-state index in [1.54, 1.807) is 0 Å². The Morgan fingerprint density at radius 3 is 1.42 bits per heavy atom. The smallest absolute Gasteiger partial charge is 0.145 e. The Morgan fingerprint density at radius 2 is 1.03 bits per heavy atom. The van der Waals surface area contributed by atoms with Crippen molar-refractivity contribution in [2.24, 2.45) is 0 Å². The summed E-state index contributed by atoms with van der Waals surface area (Å²) in [7, 11) is -7.53. The van der Waals surface area contributed by atoms with Crippen LogP contribution in [0.1, 0.15) is 58.2 Å². The molecule has 4 rings (SSSR count). The van der Waals surface area contributed by atoms with Crippen LogP contribution in [0.4, 0.5) is 0 Å². The van der Waals surface area contributed by atoms with E-state index in [0.29, 0.717) is 5.30 Å². The summed E-state index contributed by atoms with van der Waals surface area (Å²) in [5.41, 5.74) is 3.05. The quantitative estimate of drug-likeness (QED) is 0.225. The molecule has 0 aliphatic carbocycles. The summed E-state index contributed by atoms with van der Waals surface area (Å²) in [4.78, 5) is -0.144. The van der Waals surface area contributed by atoms with Crippen molar-refractivity contribution in [2.45, 2.75) is 64.2 Å². The minimum Gasteiger partial charge on any atom is -0.744 e. The van der Waals surface area contributed by atoms with E-state index in [0.717, 1.165) is 21.5 Å². The van der Waals surface area contributed by atoms with Crippen LogP contribution in [-0.4, -0.2) is 13.0 Å². The predicted molar refractivity (Wildman–Crippen MR) is 161 cm³/mol. The number of aryl methyl sites for hydroxylation is 1. The molecule has 0 fully saturated rings. The van der Waals surface area contributed by atoms with E-state index in [1.807, 2.05) is 37.3 Å². The molecule has 0 bridgehead atoms. The minimum absolute atomic E-state index is 0.0336. The Kier molecular flexibility index (Phi) is 7.49. The number of hydrogen-bond acceptors (Lipinski definition) is 3. The lowest BCUT2D eigenvalue weighted by molar-refractivity contribution is 0.463. The van der Waals surface area contributed by atoms with E-state index in [-0.39, 0.29) is 15.7 Å². The van der Waals surface area contributed by atoms with Gasteiger partial charge in [0.05, 0.1) is 4.90 Å². The summed E-state index contributed by atoms with van der Waals surface area (Å²) in [5.74, 6) is 0. The molecule has 0 N–H and O–H groups in total. The molecule has 0 spiro atoms. The molecule has 0 saturated carbocycles. The molecule has 0 amide bonds. The second kappa shape index (κ2) is 10.1. The van der Waals surface area contributed by atoms with Crippen LogP contribution in [0.3, 0.4) is 0 Å². The van der Waals surface area contributed by atoms with Crippen molar-refractivity contribution in [2.75, 3.05) is 0 Å². The maximum atomic E-state index is 12.8. The van der Waals surface area contributed by atoms with Crippen LogP contribution in [0.2, 0.25) is 0 Å². The molecule has 4 aromatic carbocycles. The largest absolute Gasteiger partial charge is 0.744 e. The third-order valence-electron chi connectivity index (χ3n) is 7.13. The lowest BCUT2D eigenvalue weighted by Gasteiger charge is -2.31. The minimum atomic E-state index is -4.75. The second-order valence-corrected chi connectivity index (χ2v) is 16.7. The van der Waals surface area contributed by atoms with Crippen LogP contribution >= 0.6 is 7.26 Å². The van der Waals surface area contributed by atoms with Crippen LogP contribution in [0.15, 0.2) is 102 Å². The van der Waals surface area contributed by atoms with Gasteiger partial charge < -0.3 is 4.55 Å². The highest BCUT2D eigenvalue weighted by molar-refractivity contribution is 8.02. The van der Waals surface area contributed by atoms with Crippen LogP contribution in [0, 0.1) is 6.92 Å². The molecule has 3 nitrogen and oxygen atoms in total. The van der Waals surface area contributed by atoms with Gasteiger partial charge in [-0.3, -0.25) is 0 Å². The van der Waals surface area contributed by atoms with E-state index >= 15 is 0 Å². The van der Waals surface area contributed by atoms with Crippen molar-refractivity contribution in [3.8, 4) is 0 Å². The van der Waals surface area contributed by atoms with Gasteiger partial charge in [0.1, 0.15) is 38.6 Å². The standard InChI is InChI=1S/C33H37O3PS/c1-24-13-22-30(31(23-24)38(34,35)36)37(27-11-9-8-10-12-27,28-18-14-25(15-19-28)32(2,3)4)29-20-16-26(17-21-29)33(5,6)7/h8-23H,1-7H3. The van der Waals surface area contributed by atoms with Gasteiger partial charge in [-0.2, -0.15) is 0 Å². The van der Waals surface area contributed by atoms with Gasteiger partial charge in [0.25, 0.3) is 0 Å². The molecule has 0 aliphatic rings. The molecular weight excluding hydrogens is 507 g/mol.